The molecule has 0 bridgehead atoms. The number of nitrogens with zero attached hydrogens (tertiary/aromatic N) is 4. The molecule has 10 heteroatoms. The molecule has 0 saturated heterocycles. The Labute approximate surface area is 178 Å². The van der Waals surface area contributed by atoms with Gasteiger partial charge >= 0.3 is 0 Å². The largest absolute Gasteiger partial charge is 0.492 e. The number of benzene rings is 1. The maximum absolute atomic E-state index is 12.8. The van der Waals surface area contributed by atoms with Gasteiger partial charge in [-0.3, -0.25) is 9.78 Å². The van der Waals surface area contributed by atoms with Crippen molar-refractivity contribution in [2.45, 2.75) is 45.9 Å². The molecule has 1 aliphatic heterocycles. The second-order valence-corrected chi connectivity index (χ2v) is 8.80. The van der Waals surface area contributed by atoms with Crippen molar-refractivity contribution in [1.29, 1.82) is 0 Å². The summed E-state index contributed by atoms with van der Waals surface area (Å²) in [6, 6.07) is 7.05. The highest BCUT2D eigenvalue weighted by Gasteiger charge is 2.63. The summed E-state index contributed by atoms with van der Waals surface area (Å²) in [5.74, 6) is 0.642. The van der Waals surface area contributed by atoms with Crippen molar-refractivity contribution in [3.63, 3.8) is 0 Å². The molecule has 0 amide bonds. The molecular weight excluding hydrogens is 400 g/mol. The van der Waals surface area contributed by atoms with E-state index in [0.29, 0.717) is 35.8 Å². The molecule has 163 valence electrons. The Kier molecular flexibility index (Phi) is 4.77. The van der Waals surface area contributed by atoms with Gasteiger partial charge in [-0.05, 0) is 38.1 Å². The summed E-state index contributed by atoms with van der Waals surface area (Å²) in [5, 5.41) is 23.6. The van der Waals surface area contributed by atoms with E-state index in [2.05, 4.69) is 15.0 Å². The first-order chi connectivity index (χ1) is 14.5. The molecule has 2 aromatic heterocycles. The molecule has 1 unspecified atom stereocenters. The average Bonchev–Trinajstić information content (AvgIpc) is 3.16. The molecule has 3 aromatic rings. The van der Waals surface area contributed by atoms with Gasteiger partial charge in [0.2, 0.25) is 11.5 Å². The number of hydrogen-bond acceptors (Lipinski definition) is 6. The van der Waals surface area contributed by atoms with E-state index in [1.807, 2.05) is 27.7 Å². The van der Waals surface area contributed by atoms with E-state index >= 15 is 0 Å². The van der Waals surface area contributed by atoms with Gasteiger partial charge < -0.3 is 20.1 Å². The minimum Gasteiger partial charge on any atom is -0.492 e. The number of nitrogen functional groups attached to an aromatic ring is 1. The Morgan fingerprint density at radius 1 is 1.26 bits per heavy atom. The second kappa shape index (κ2) is 7.09. The molecule has 4 N–H and O–H groups in total. The van der Waals surface area contributed by atoms with Gasteiger partial charge in [0.1, 0.15) is 12.4 Å². The van der Waals surface area contributed by atoms with Gasteiger partial charge in [0, 0.05) is 29.4 Å². The number of aliphatic hydroxyl groups is 1. The number of fused-ring (bicyclic) bond motifs is 1. The summed E-state index contributed by atoms with van der Waals surface area (Å²) in [4.78, 5) is 22.4. The summed E-state index contributed by atoms with van der Waals surface area (Å²) < 4.78 is 8.39. The van der Waals surface area contributed by atoms with E-state index in [-0.39, 0.29) is 17.0 Å². The van der Waals surface area contributed by atoms with E-state index in [9.17, 15) is 15.1 Å². The molecule has 0 spiro atoms. The number of H-pyrrole nitrogens is 1. The number of anilines is 1. The van der Waals surface area contributed by atoms with Gasteiger partial charge in [0.15, 0.2) is 17.3 Å². The second-order valence-electron chi connectivity index (χ2n) is 8.80. The van der Waals surface area contributed by atoms with Gasteiger partial charge in [-0.25, -0.2) is 4.98 Å². The quantitative estimate of drug-likeness (QED) is 0.522. The van der Waals surface area contributed by atoms with Gasteiger partial charge in [0.05, 0.1) is 18.3 Å². The van der Waals surface area contributed by atoms with Gasteiger partial charge in [0.25, 0.3) is 11.3 Å². The van der Waals surface area contributed by atoms with Crippen molar-refractivity contribution in [2.24, 2.45) is 5.41 Å². The topological polar surface area (TPSA) is 142 Å². The van der Waals surface area contributed by atoms with Crippen LogP contribution in [0.5, 0.6) is 5.75 Å². The Hall–Kier alpha value is -3.40. The first kappa shape index (κ1) is 20.9. The number of aromatic nitrogens is 4. The number of aromatic amines is 1. The van der Waals surface area contributed by atoms with Crippen LogP contribution in [-0.4, -0.2) is 53.3 Å². The Morgan fingerprint density at radius 3 is 2.55 bits per heavy atom. The van der Waals surface area contributed by atoms with Crippen LogP contribution in [0.1, 0.15) is 33.3 Å². The summed E-state index contributed by atoms with van der Waals surface area (Å²) in [7, 11) is 0. The number of rotatable bonds is 5. The first-order valence-corrected chi connectivity index (χ1v) is 10.00. The van der Waals surface area contributed by atoms with Crippen molar-refractivity contribution in [1.82, 2.24) is 19.5 Å². The maximum Gasteiger partial charge on any atom is 0.280 e. The molecule has 0 saturated carbocycles. The maximum atomic E-state index is 12.8. The number of aliphatic hydroxyl groups excluding tert-OH is 1. The summed E-state index contributed by atoms with van der Waals surface area (Å²) in [5.41, 5.74) is 5.54. The lowest BCUT2D eigenvalue weighted by Crippen LogP contribution is -2.46. The number of hydrogen-bond donors (Lipinski definition) is 3. The molecule has 31 heavy (non-hydrogen) atoms. The minimum absolute atomic E-state index is 0.0288. The van der Waals surface area contributed by atoms with Gasteiger partial charge in [-0.2, -0.15) is 4.98 Å². The highest BCUT2D eigenvalue weighted by atomic mass is 16.5. The van der Waals surface area contributed by atoms with E-state index in [4.69, 9.17) is 10.5 Å². The highest BCUT2D eigenvalue weighted by Crippen LogP contribution is 2.43. The van der Waals surface area contributed by atoms with Crippen LogP contribution in [0.15, 0.2) is 35.4 Å². The molecule has 10 nitrogen and oxygen atoms in total. The zero-order valence-corrected chi connectivity index (χ0v) is 17.9. The van der Waals surface area contributed by atoms with Crippen LogP contribution in [-0.2, 0) is 11.8 Å². The number of nitrogens with two attached hydrogens (primary N) is 1. The van der Waals surface area contributed by atoms with Crippen molar-refractivity contribution in [3.8, 4) is 5.75 Å². The van der Waals surface area contributed by atoms with E-state index in [1.54, 1.807) is 28.8 Å². The zero-order valence-electron chi connectivity index (χ0n) is 17.9. The van der Waals surface area contributed by atoms with Crippen LogP contribution in [0.3, 0.4) is 0 Å². The lowest BCUT2D eigenvalue weighted by molar-refractivity contribution is -0.857. The van der Waals surface area contributed by atoms with E-state index in [1.165, 1.54) is 6.33 Å². The minimum atomic E-state index is -0.871. The molecule has 1 aromatic carbocycles. The third kappa shape index (κ3) is 3.23. The van der Waals surface area contributed by atoms with Crippen LogP contribution in [0.25, 0.3) is 11.2 Å². The SMILES string of the molecule is CC1(C)C(O)C(c2ccc(OCCn3cnc4c(=O)[nH]c(N)nc43)cc2)=[N+]([O])C1(C)C. The Bertz CT molecular complexity index is 1220. The number of hydroxylamine groups is 1. The van der Waals surface area contributed by atoms with E-state index in [0.717, 1.165) is 4.74 Å². The predicted octanol–water partition coefficient (Wildman–Crippen LogP) is 1.11. The Balaban J connectivity index is 1.47. The number of imidazole rings is 1. The molecule has 0 fully saturated rings. The first-order valence-electron chi connectivity index (χ1n) is 10.00. The zero-order chi connectivity index (χ0) is 22.6. The average molecular weight is 426 g/mol. The number of ether oxygens (including phenoxy) is 1. The summed E-state index contributed by atoms with van der Waals surface area (Å²) in [6.07, 6.45) is 0.646. The molecule has 1 atom stereocenters. The van der Waals surface area contributed by atoms with Crippen molar-refractivity contribution >= 4 is 22.8 Å². The van der Waals surface area contributed by atoms with Crippen molar-refractivity contribution in [3.05, 3.63) is 46.5 Å². The monoisotopic (exact) mass is 426 g/mol. The van der Waals surface area contributed by atoms with Gasteiger partial charge in [-0.1, -0.05) is 0 Å². The molecule has 4 rings (SSSR count). The summed E-state index contributed by atoms with van der Waals surface area (Å²) >= 11 is 0. The van der Waals surface area contributed by atoms with Gasteiger partial charge in [-0.15, -0.1) is 0 Å². The van der Waals surface area contributed by atoms with Crippen molar-refractivity contribution < 1.29 is 19.8 Å². The normalized spacial score (nSPS) is 19.8. The lowest BCUT2D eigenvalue weighted by Gasteiger charge is -2.28. The van der Waals surface area contributed by atoms with Crippen LogP contribution in [0.4, 0.5) is 5.95 Å². The van der Waals surface area contributed by atoms with E-state index < -0.39 is 17.1 Å². The van der Waals surface area contributed by atoms with Crippen LogP contribution >= 0.6 is 0 Å². The molecule has 0 aliphatic carbocycles. The Morgan fingerprint density at radius 2 is 1.94 bits per heavy atom. The molecule has 3 heterocycles. The van der Waals surface area contributed by atoms with Crippen LogP contribution < -0.4 is 16.0 Å². The smallest absolute Gasteiger partial charge is 0.280 e. The standard InChI is InChI=1S/C21H26N6O4/c1-20(2)16(28)15(27(30)21(20,3)4)12-5-7-13(8-6-12)31-10-9-26-11-23-14-17(26)24-19(22)25-18(14)29/h5-8,11,16,28H,9-10H2,1-4H3,(H3,22,24,25,29)/q+1. The third-order valence-electron chi connectivity index (χ3n) is 6.49. The van der Waals surface area contributed by atoms with Crippen LogP contribution in [0, 0.1) is 5.41 Å². The fourth-order valence-corrected chi connectivity index (χ4v) is 3.74. The van der Waals surface area contributed by atoms with Crippen molar-refractivity contribution in [2.75, 3.05) is 12.3 Å². The molecule has 1 aliphatic rings. The molecule has 1 radical (unpaired) electrons. The fraction of sp³-hybridized carbons (Fsp3) is 0.429. The van der Waals surface area contributed by atoms with Crippen LogP contribution in [0.2, 0.25) is 0 Å². The lowest BCUT2D eigenvalue weighted by atomic mass is 9.72. The number of nitrogens with one attached hydrogen (secondary N) is 1. The highest BCUT2D eigenvalue weighted by molar-refractivity contribution is 6.01. The summed E-state index contributed by atoms with van der Waals surface area (Å²) in [6.45, 7) is 8.19. The fourth-order valence-electron chi connectivity index (χ4n) is 3.74. The third-order valence-corrected chi connectivity index (χ3v) is 6.49. The predicted molar refractivity (Wildman–Crippen MR) is 113 cm³/mol. The molecular formula is C21H26N6O4+.